The maximum Gasteiger partial charge on any atom is 0.326 e. The number of amides is 15. The van der Waals surface area contributed by atoms with Gasteiger partial charge in [0.05, 0.1) is 38.1 Å². The Morgan fingerprint density at radius 2 is 0.858 bits per heavy atom. The van der Waals surface area contributed by atoms with Crippen LogP contribution in [0.25, 0.3) is 10.9 Å². The SMILES string of the molecule is C[C@@H](O)[C@H](NC(=O)[C@H](CCCNC(=N)N)NC(=O)[C@H](CCCNC(N)=O)NC(=O)[C@H](CC(N)=O)NC(=O)[C@H](CO)NC(=O)[C@H](CCCCN)NC(=O)CNC(=O)[C@@H](N)CCCNC(=N)N)C(=O)N[C@@H](Cc1ccc(O)cc1)C(=O)N[C@@H](CC(N)=O)C(=O)N[C@@H](CCCNC(=N)N)C(=O)N[C@@H](Cc1c[nH]c2ccccc12)C(=O)O. The van der Waals surface area contributed by atoms with Gasteiger partial charge in [0.2, 0.25) is 76.8 Å². The first-order chi connectivity index (χ1) is 53.4. The van der Waals surface area contributed by atoms with Crippen molar-refractivity contribution in [1.29, 1.82) is 16.2 Å². The average Bonchev–Trinajstić information content (AvgIpc) is 1.67. The number of carboxylic acids is 1. The Bertz CT molecular complexity index is 3790. The first kappa shape index (κ1) is 94.5. The molecule has 0 aliphatic heterocycles. The fraction of sp³-hybridized carbons (Fsp3) is 0.522. The Labute approximate surface area is 647 Å². The lowest BCUT2D eigenvalue weighted by Crippen LogP contribution is -2.62. The van der Waals surface area contributed by atoms with Gasteiger partial charge < -0.3 is 151 Å². The first-order valence-corrected chi connectivity index (χ1v) is 35.9. The summed E-state index contributed by atoms with van der Waals surface area (Å²) in [5, 5.41) is 101. The Morgan fingerprint density at radius 1 is 0.451 bits per heavy atom. The number of hydrogen-bond donors (Lipinski definition) is 31. The molecule has 0 spiro atoms. The summed E-state index contributed by atoms with van der Waals surface area (Å²) in [6.07, 6.45) is -3.36. The van der Waals surface area contributed by atoms with Crippen molar-refractivity contribution in [3.8, 4) is 5.75 Å². The highest BCUT2D eigenvalue weighted by molar-refractivity contribution is 6.01. The molecule has 46 nitrogen and oxygen atoms in total. The molecule has 0 unspecified atom stereocenters. The molecule has 0 aliphatic carbocycles. The molecule has 113 heavy (non-hydrogen) atoms. The number of phenolic OH excluding ortho intramolecular Hbond substituents is 1. The molecule has 2 aromatic carbocycles. The van der Waals surface area contributed by atoms with E-state index in [-0.39, 0.29) is 101 Å². The minimum absolute atomic E-state index is 0.0122. The van der Waals surface area contributed by atoms with Crippen LogP contribution < -0.4 is 126 Å². The molecule has 0 radical (unpaired) electrons. The van der Waals surface area contributed by atoms with Crippen LogP contribution in [-0.4, -0.2) is 251 Å². The predicted molar refractivity (Wildman–Crippen MR) is 405 cm³/mol. The highest BCUT2D eigenvalue weighted by Gasteiger charge is 2.38. The number of hydrogen-bond acceptors (Lipinski definition) is 23. The Morgan fingerprint density at radius 3 is 1.32 bits per heavy atom. The molecule has 0 saturated carbocycles. The van der Waals surface area contributed by atoms with E-state index in [1.165, 1.54) is 24.3 Å². The molecule has 39 N–H and O–H groups in total. The van der Waals surface area contributed by atoms with Crippen molar-refractivity contribution in [2.75, 3.05) is 45.9 Å². The second-order valence-corrected chi connectivity index (χ2v) is 26.1. The van der Waals surface area contributed by atoms with Crippen molar-refractivity contribution in [2.45, 2.75) is 176 Å². The third kappa shape index (κ3) is 36.1. The zero-order valence-corrected chi connectivity index (χ0v) is 62.2. The second kappa shape index (κ2) is 49.4. The number of aromatic nitrogens is 1. The Balaban J connectivity index is 1.97. The molecule has 12 atom stereocenters. The summed E-state index contributed by atoms with van der Waals surface area (Å²) in [4.78, 5) is 207. The van der Waals surface area contributed by atoms with Crippen molar-refractivity contribution < 1.29 is 92.3 Å². The van der Waals surface area contributed by atoms with Crippen LogP contribution in [0.15, 0.2) is 54.7 Å². The Hall–Kier alpha value is -12.7. The molecule has 1 aromatic heterocycles. The van der Waals surface area contributed by atoms with Crippen LogP contribution in [0.3, 0.4) is 0 Å². The van der Waals surface area contributed by atoms with Crippen LogP contribution in [0.1, 0.15) is 102 Å². The van der Waals surface area contributed by atoms with Crippen LogP contribution in [0.2, 0.25) is 0 Å². The second-order valence-electron chi connectivity index (χ2n) is 26.1. The maximum absolute atomic E-state index is 14.6. The number of aromatic hydroxyl groups is 1. The van der Waals surface area contributed by atoms with Crippen LogP contribution in [0.5, 0.6) is 5.75 Å². The maximum atomic E-state index is 14.6. The van der Waals surface area contributed by atoms with Crippen molar-refractivity contribution >= 4 is 118 Å². The number of para-hydroxylation sites is 1. The van der Waals surface area contributed by atoms with E-state index >= 15 is 0 Å². The number of unbranched alkanes of at least 4 members (excludes halogenated alkanes) is 1. The first-order valence-electron chi connectivity index (χ1n) is 35.9. The van der Waals surface area contributed by atoms with E-state index in [1.54, 1.807) is 30.5 Å². The van der Waals surface area contributed by atoms with Crippen LogP contribution >= 0.6 is 0 Å². The molecule has 3 rings (SSSR count). The molecule has 0 bridgehead atoms. The minimum atomic E-state index is -2.06. The number of fused-ring (bicyclic) bond motifs is 1. The predicted octanol–water partition coefficient (Wildman–Crippen LogP) is -10.5. The number of nitrogens with two attached hydrogens (primary N) is 8. The molecule has 0 fully saturated rings. The van der Waals surface area contributed by atoms with E-state index in [0.29, 0.717) is 29.3 Å². The lowest BCUT2D eigenvalue weighted by Gasteiger charge is -2.29. The van der Waals surface area contributed by atoms with Gasteiger partial charge in [-0.25, -0.2) is 9.59 Å². The Kier molecular flexibility index (Phi) is 41.3. The highest BCUT2D eigenvalue weighted by atomic mass is 16.4. The summed E-state index contributed by atoms with van der Waals surface area (Å²) >= 11 is 0. The minimum Gasteiger partial charge on any atom is -0.508 e. The molecular weight excluding hydrogens is 1490 g/mol. The summed E-state index contributed by atoms with van der Waals surface area (Å²) in [6, 6.07) is -7.99. The number of guanidine groups is 3. The number of rotatable bonds is 53. The molecule has 0 saturated heterocycles. The largest absolute Gasteiger partial charge is 0.508 e. The zero-order chi connectivity index (χ0) is 84.4. The van der Waals surface area contributed by atoms with Gasteiger partial charge >= 0.3 is 12.0 Å². The number of nitrogens with one attached hydrogen (secondary N) is 19. The topological polar surface area (TPSA) is 813 Å². The van der Waals surface area contributed by atoms with E-state index in [2.05, 4.69) is 84.7 Å². The summed E-state index contributed by atoms with van der Waals surface area (Å²) in [5.74, 6) is -17.9. The fourth-order valence-electron chi connectivity index (χ4n) is 11.0. The van der Waals surface area contributed by atoms with Crippen molar-refractivity contribution in [3.63, 3.8) is 0 Å². The number of carbonyl (C=O) groups excluding carboxylic acids is 14. The molecular formula is C67H107N27O19. The summed E-state index contributed by atoms with van der Waals surface area (Å²) < 4.78 is 0. The van der Waals surface area contributed by atoms with Gasteiger partial charge in [0.25, 0.3) is 0 Å². The van der Waals surface area contributed by atoms with Crippen molar-refractivity contribution in [2.24, 2.45) is 45.9 Å². The molecule has 15 amide bonds. The van der Waals surface area contributed by atoms with Gasteiger partial charge in [-0.3, -0.25) is 78.6 Å². The zero-order valence-electron chi connectivity index (χ0n) is 62.2. The molecule has 1 heterocycles. The normalized spacial score (nSPS) is 14.1. The number of H-pyrrole nitrogens is 1. The third-order valence-corrected chi connectivity index (χ3v) is 16.9. The van der Waals surface area contributed by atoms with Crippen LogP contribution in [0, 0.1) is 16.2 Å². The standard InChI is InChI=1S/C67H107N27O19/c1-33(96)52(62(110)91-44(26-34-17-19-36(97)20-18-34)58(106)89-45(28-49(70)98)59(107)88-42(14-7-23-80-65(74)75)56(104)92-47(63(111)112)27-35-30-83-39-12-3-2-10-37(35)39)94-57(105)43(15-8-24-81-66(76)77)86-55(103)41(16-9-25-82-67(78)113)87-60(108)46(29-50(71)99)90-61(109)48(32-95)93-54(102)40(13-4-5-21-68)85-51(100)31-84-53(101)38(69)11-6-22-79-64(72)73/h2-3,10,12,17-20,30,33,38,40-48,52,83,95-97H,4-9,11,13-16,21-29,31-32,68-69H2,1H3,(H2,70,98)(H2,71,99)(H,84,101)(H,85,100)(H,86,103)(H,87,108)(H,88,107)(H,89,106)(H,90,109)(H,91,110)(H,92,104)(H,93,102)(H,94,105)(H,111,112)(H4,72,73,79)(H4,74,75,80)(H4,76,77,81)(H3,78,82,113)/t33-,38+,40+,41+,42+,43+,44+,45+,46+,47+,48+,52+/m1/s1. The van der Waals surface area contributed by atoms with Crippen molar-refractivity contribution in [3.05, 3.63) is 65.9 Å². The monoisotopic (exact) mass is 1590 g/mol. The summed E-state index contributed by atoms with van der Waals surface area (Å²) in [5.41, 5.74) is 45.5. The van der Waals surface area contributed by atoms with E-state index in [9.17, 15) is 92.3 Å². The number of primary amides is 3. The van der Waals surface area contributed by atoms with E-state index in [4.69, 9.17) is 62.1 Å². The molecule has 624 valence electrons. The summed E-state index contributed by atoms with van der Waals surface area (Å²) in [7, 11) is 0. The number of phenols is 1. The number of aliphatic hydroxyl groups is 2. The highest BCUT2D eigenvalue weighted by Crippen LogP contribution is 2.20. The molecule has 3 aromatic rings. The number of benzene rings is 2. The molecule has 46 heteroatoms. The van der Waals surface area contributed by atoms with Gasteiger partial charge in [-0.2, -0.15) is 0 Å². The molecule has 0 aliphatic rings. The van der Waals surface area contributed by atoms with Gasteiger partial charge in [0.1, 0.15) is 66.2 Å². The number of aliphatic hydroxyl groups excluding tert-OH is 2. The number of carboxylic acid groups (broad SMARTS) is 1. The lowest BCUT2D eigenvalue weighted by molar-refractivity contribution is -0.142. The van der Waals surface area contributed by atoms with E-state index in [0.717, 1.165) is 6.92 Å². The number of aromatic amines is 1. The van der Waals surface area contributed by atoms with Crippen LogP contribution in [0.4, 0.5) is 4.79 Å². The van der Waals surface area contributed by atoms with Crippen molar-refractivity contribution in [1.82, 2.24) is 84.7 Å². The average molecular weight is 1590 g/mol. The van der Waals surface area contributed by atoms with E-state index < -0.39 is 219 Å². The fourth-order valence-corrected chi connectivity index (χ4v) is 11.0. The lowest BCUT2D eigenvalue weighted by atomic mass is 10.0. The number of aliphatic carboxylic acids is 1. The van der Waals surface area contributed by atoms with Crippen LogP contribution in [-0.2, 0) is 80.0 Å². The van der Waals surface area contributed by atoms with Gasteiger partial charge in [-0.05, 0) is 113 Å². The number of urea groups is 1. The van der Waals surface area contributed by atoms with Gasteiger partial charge in [0, 0.05) is 56.1 Å². The quantitative estimate of drug-likeness (QED) is 0.0142. The van der Waals surface area contributed by atoms with Gasteiger partial charge in [-0.1, -0.05) is 30.3 Å². The smallest absolute Gasteiger partial charge is 0.326 e. The summed E-state index contributed by atoms with van der Waals surface area (Å²) in [6.45, 7) is -0.771. The van der Waals surface area contributed by atoms with E-state index in [1.807, 2.05) is 0 Å². The van der Waals surface area contributed by atoms with Gasteiger partial charge in [-0.15, -0.1) is 0 Å². The van der Waals surface area contributed by atoms with Gasteiger partial charge in [0.15, 0.2) is 17.9 Å². The third-order valence-electron chi connectivity index (χ3n) is 16.9. The number of carbonyl (C=O) groups is 15.